The van der Waals surface area contributed by atoms with Gasteiger partial charge in [0.1, 0.15) is 34.6 Å². The fourth-order valence-corrected chi connectivity index (χ4v) is 6.71. The topological polar surface area (TPSA) is 127 Å². The van der Waals surface area contributed by atoms with E-state index in [2.05, 4.69) is 33.3 Å². The van der Waals surface area contributed by atoms with E-state index in [0.717, 1.165) is 76.1 Å². The molecule has 1 aliphatic rings. The molecule has 13 heteroatoms. The number of nitrogens with one attached hydrogen (secondary N) is 1. The third-order valence-corrected chi connectivity index (χ3v) is 9.69. The molecule has 0 radical (unpaired) electrons. The lowest BCUT2D eigenvalue weighted by Crippen LogP contribution is -2.24. The molecule has 1 N–H and O–H groups in total. The van der Waals surface area contributed by atoms with Crippen LogP contribution in [0, 0.1) is 6.92 Å². The van der Waals surface area contributed by atoms with Crippen LogP contribution in [-0.2, 0) is 29.1 Å². The summed E-state index contributed by atoms with van der Waals surface area (Å²) < 4.78 is 36.2. The summed E-state index contributed by atoms with van der Waals surface area (Å²) in [6.45, 7) is 4.87. The fraction of sp³-hybridized carbons (Fsp3) is 0.333. The molecule has 0 amide bonds. The Morgan fingerprint density at radius 1 is 0.855 bits per heavy atom. The maximum absolute atomic E-state index is 5.92. The molecule has 6 aromatic rings. The largest absolute Gasteiger partial charge is 0.497 e. The Kier molecular flexibility index (Phi) is 11.9. The second-order valence-corrected chi connectivity index (χ2v) is 13.3. The summed E-state index contributed by atoms with van der Waals surface area (Å²) >= 11 is 0. The molecule has 1 unspecified atom stereocenters. The van der Waals surface area contributed by atoms with Crippen LogP contribution in [0.3, 0.4) is 0 Å². The number of benzene rings is 2. The van der Waals surface area contributed by atoms with Gasteiger partial charge in [-0.3, -0.25) is 9.67 Å². The molecule has 1 fully saturated rings. The first-order chi connectivity index (χ1) is 26.9. The third kappa shape index (κ3) is 8.90. The number of aryl methyl sites for hydroxylation is 1. The molecule has 7 rings (SSSR count). The van der Waals surface area contributed by atoms with Crippen LogP contribution in [-0.4, -0.2) is 72.7 Å². The zero-order chi connectivity index (χ0) is 38.1. The van der Waals surface area contributed by atoms with Crippen molar-refractivity contribution in [3.63, 3.8) is 0 Å². The van der Waals surface area contributed by atoms with Crippen molar-refractivity contribution < 1.29 is 28.4 Å². The van der Waals surface area contributed by atoms with E-state index in [1.165, 1.54) is 0 Å². The van der Waals surface area contributed by atoms with Gasteiger partial charge in [-0.1, -0.05) is 0 Å². The Bertz CT molecular complexity index is 2160. The second kappa shape index (κ2) is 17.5. The third-order valence-electron chi connectivity index (χ3n) is 9.69. The molecule has 1 aliphatic heterocycles. The van der Waals surface area contributed by atoms with E-state index in [4.69, 9.17) is 38.4 Å². The average Bonchev–Trinajstić information content (AvgIpc) is 3.67. The number of aromatic nitrogens is 5. The standard InChI is InChI=1S/C42H47N7O6/c1-28-13-14-43-23-35(28)37-18-31-19-40(46-32-22-45-49(27-32)15-17-55-41-8-6-7-16-54-41)44-24-36(31)42(47-37)48(25-29-9-11-33(50-2)20-38(29)52-4)26-30-10-12-34(51-3)21-39(30)53-5/h9-14,18-24,27,41H,6-8,15-17,25-26H2,1-5H3,(H,44,46). The maximum Gasteiger partial charge on any atom is 0.157 e. The maximum atomic E-state index is 5.92. The van der Waals surface area contributed by atoms with Gasteiger partial charge in [0.05, 0.1) is 59.2 Å². The first-order valence-corrected chi connectivity index (χ1v) is 18.4. The van der Waals surface area contributed by atoms with Gasteiger partial charge in [-0.2, -0.15) is 5.10 Å². The summed E-state index contributed by atoms with van der Waals surface area (Å²) in [5.41, 5.74) is 5.50. The average molecular weight is 746 g/mol. The highest BCUT2D eigenvalue weighted by Gasteiger charge is 2.21. The Hall–Kier alpha value is -5.92. The normalized spacial score (nSPS) is 14.1. The van der Waals surface area contributed by atoms with Crippen LogP contribution >= 0.6 is 0 Å². The number of anilines is 3. The Labute approximate surface area is 321 Å². The van der Waals surface area contributed by atoms with Crippen molar-refractivity contribution in [2.24, 2.45) is 0 Å². The van der Waals surface area contributed by atoms with Gasteiger partial charge in [0.2, 0.25) is 0 Å². The number of hydrogen-bond donors (Lipinski definition) is 1. The predicted molar refractivity (Wildman–Crippen MR) is 212 cm³/mol. The van der Waals surface area contributed by atoms with Gasteiger partial charge >= 0.3 is 0 Å². The Morgan fingerprint density at radius 2 is 1.60 bits per heavy atom. The Morgan fingerprint density at radius 3 is 2.25 bits per heavy atom. The molecule has 13 nitrogen and oxygen atoms in total. The monoisotopic (exact) mass is 745 g/mol. The van der Waals surface area contributed by atoms with Gasteiger partial charge in [0.25, 0.3) is 0 Å². The molecular weight excluding hydrogens is 699 g/mol. The highest BCUT2D eigenvalue weighted by molar-refractivity contribution is 5.96. The number of nitrogens with zero attached hydrogens (tertiary/aromatic N) is 6. The lowest BCUT2D eigenvalue weighted by atomic mass is 10.0. The summed E-state index contributed by atoms with van der Waals surface area (Å²) in [5.74, 6) is 4.23. The summed E-state index contributed by atoms with van der Waals surface area (Å²) in [7, 11) is 6.61. The first-order valence-electron chi connectivity index (χ1n) is 18.4. The van der Waals surface area contributed by atoms with Crippen molar-refractivity contribution in [2.75, 3.05) is 51.9 Å². The zero-order valence-electron chi connectivity index (χ0n) is 31.9. The van der Waals surface area contributed by atoms with Crippen molar-refractivity contribution in [3.05, 3.63) is 102 Å². The summed E-state index contributed by atoms with van der Waals surface area (Å²) in [6, 6.07) is 17.8. The number of hydrogen-bond acceptors (Lipinski definition) is 12. The van der Waals surface area contributed by atoms with E-state index in [1.54, 1.807) is 40.8 Å². The van der Waals surface area contributed by atoms with Crippen molar-refractivity contribution in [3.8, 4) is 34.3 Å². The van der Waals surface area contributed by atoms with E-state index >= 15 is 0 Å². The van der Waals surface area contributed by atoms with Crippen LogP contribution in [0.4, 0.5) is 17.3 Å². The molecule has 0 spiro atoms. The molecule has 286 valence electrons. The minimum atomic E-state index is -0.129. The highest BCUT2D eigenvalue weighted by Crippen LogP contribution is 2.37. The molecule has 0 saturated carbocycles. The molecule has 55 heavy (non-hydrogen) atoms. The van der Waals surface area contributed by atoms with Gasteiger partial charge in [0, 0.05) is 78.7 Å². The van der Waals surface area contributed by atoms with Crippen molar-refractivity contribution in [1.29, 1.82) is 0 Å². The first kappa shape index (κ1) is 37.4. The Balaban J connectivity index is 1.26. The minimum absolute atomic E-state index is 0.129. The summed E-state index contributed by atoms with van der Waals surface area (Å²) in [4.78, 5) is 16.9. The van der Waals surface area contributed by atoms with Gasteiger partial charge in [-0.25, -0.2) is 9.97 Å². The molecule has 1 saturated heterocycles. The van der Waals surface area contributed by atoms with Crippen LogP contribution in [0.1, 0.15) is 36.0 Å². The molecule has 0 bridgehead atoms. The number of ether oxygens (including phenoxy) is 6. The molecule has 1 atom stereocenters. The fourth-order valence-electron chi connectivity index (χ4n) is 6.71. The number of methoxy groups -OCH3 is 4. The minimum Gasteiger partial charge on any atom is -0.497 e. The van der Waals surface area contributed by atoms with E-state index in [0.29, 0.717) is 55.1 Å². The smallest absolute Gasteiger partial charge is 0.157 e. The van der Waals surface area contributed by atoms with Gasteiger partial charge in [-0.05, 0) is 79.6 Å². The van der Waals surface area contributed by atoms with E-state index in [9.17, 15) is 0 Å². The highest BCUT2D eigenvalue weighted by atomic mass is 16.7. The quantitative estimate of drug-likeness (QED) is 0.104. The molecule has 0 aliphatic carbocycles. The van der Waals surface area contributed by atoms with Gasteiger partial charge in [-0.15, -0.1) is 0 Å². The number of rotatable bonds is 16. The zero-order valence-corrected chi connectivity index (χ0v) is 31.9. The lowest BCUT2D eigenvalue weighted by molar-refractivity contribution is -0.163. The van der Waals surface area contributed by atoms with Gasteiger partial charge < -0.3 is 38.6 Å². The van der Waals surface area contributed by atoms with Crippen LogP contribution in [0.2, 0.25) is 0 Å². The van der Waals surface area contributed by atoms with Crippen LogP contribution in [0.15, 0.2) is 85.6 Å². The molecule has 2 aromatic carbocycles. The van der Waals surface area contributed by atoms with E-state index < -0.39 is 0 Å². The van der Waals surface area contributed by atoms with Crippen LogP contribution < -0.4 is 29.2 Å². The SMILES string of the molecule is COc1ccc(CN(Cc2ccc(OC)cc2OC)c2nc(-c3cnccc3C)cc3cc(Nc4cnn(CCOC5CCCCO5)c4)ncc23)c(OC)c1. The number of pyridine rings is 3. The molecular formula is C42H47N7O6. The number of fused-ring (bicyclic) bond motifs is 1. The lowest BCUT2D eigenvalue weighted by Gasteiger charge is -2.28. The molecule has 5 heterocycles. The van der Waals surface area contributed by atoms with Crippen molar-refractivity contribution in [2.45, 2.75) is 52.1 Å². The van der Waals surface area contributed by atoms with Crippen LogP contribution in [0.5, 0.6) is 23.0 Å². The van der Waals surface area contributed by atoms with Crippen molar-refractivity contribution in [1.82, 2.24) is 24.7 Å². The summed E-state index contributed by atoms with van der Waals surface area (Å²) in [6.07, 6.45) is 12.3. The van der Waals surface area contributed by atoms with Gasteiger partial charge in [0.15, 0.2) is 6.29 Å². The summed E-state index contributed by atoms with van der Waals surface area (Å²) in [5, 5.41) is 9.79. The van der Waals surface area contributed by atoms with Crippen LogP contribution in [0.25, 0.3) is 22.0 Å². The van der Waals surface area contributed by atoms with Crippen molar-refractivity contribution >= 4 is 28.1 Å². The second-order valence-electron chi connectivity index (χ2n) is 13.3. The predicted octanol–water partition coefficient (Wildman–Crippen LogP) is 7.72. The van der Waals surface area contributed by atoms with E-state index in [1.807, 2.05) is 71.8 Å². The molecule has 4 aromatic heterocycles. The van der Waals surface area contributed by atoms with E-state index in [-0.39, 0.29) is 6.29 Å².